The zero-order valence-corrected chi connectivity index (χ0v) is 13.2. The van der Waals surface area contributed by atoms with Crippen molar-refractivity contribution in [2.45, 2.75) is 31.9 Å². The summed E-state index contributed by atoms with van der Waals surface area (Å²) in [6.45, 7) is 5.44. The summed E-state index contributed by atoms with van der Waals surface area (Å²) in [6, 6.07) is 8.20. The van der Waals surface area contributed by atoms with Crippen LogP contribution in [0.2, 0.25) is 0 Å². The predicted molar refractivity (Wildman–Crippen MR) is 81.3 cm³/mol. The van der Waals surface area contributed by atoms with Crippen LogP contribution < -0.4 is 10.1 Å². The highest BCUT2D eigenvalue weighted by molar-refractivity contribution is 5.30. The molecule has 0 saturated heterocycles. The molecule has 1 aromatic rings. The summed E-state index contributed by atoms with van der Waals surface area (Å²) < 4.78 is 16.4. The maximum Gasteiger partial charge on any atom is 0.119 e. The minimum absolute atomic E-state index is 0.134. The van der Waals surface area contributed by atoms with Gasteiger partial charge < -0.3 is 19.5 Å². The van der Waals surface area contributed by atoms with Gasteiger partial charge >= 0.3 is 0 Å². The number of methoxy groups -OCH3 is 2. The maximum absolute atomic E-state index is 5.77. The third kappa shape index (κ3) is 5.49. The zero-order valence-electron chi connectivity index (χ0n) is 13.2. The molecule has 0 amide bonds. The first-order valence-electron chi connectivity index (χ1n) is 6.96. The Labute approximate surface area is 122 Å². The van der Waals surface area contributed by atoms with Gasteiger partial charge in [-0.1, -0.05) is 12.1 Å². The fourth-order valence-corrected chi connectivity index (χ4v) is 1.83. The van der Waals surface area contributed by atoms with Gasteiger partial charge in [0.05, 0.1) is 25.4 Å². The quantitative estimate of drug-likeness (QED) is 0.707. The van der Waals surface area contributed by atoms with Crippen LogP contribution in [-0.4, -0.2) is 40.1 Å². The lowest BCUT2D eigenvalue weighted by Crippen LogP contribution is -2.26. The number of nitrogens with one attached hydrogen (secondary N) is 1. The summed E-state index contributed by atoms with van der Waals surface area (Å²) in [5.41, 5.74) is 1.03. The number of hydrogen-bond donors (Lipinski definition) is 1. The van der Waals surface area contributed by atoms with Crippen molar-refractivity contribution in [3.63, 3.8) is 0 Å². The SMILES string of the molecule is CNC(COCCC(C)(C)OC)c1cccc(OC)c1. The number of ether oxygens (including phenoxy) is 3. The second-order valence-electron chi connectivity index (χ2n) is 5.41. The Morgan fingerprint density at radius 2 is 2.00 bits per heavy atom. The molecule has 0 heterocycles. The van der Waals surface area contributed by atoms with Gasteiger partial charge in [-0.2, -0.15) is 0 Å². The molecule has 4 nitrogen and oxygen atoms in total. The maximum atomic E-state index is 5.77. The summed E-state index contributed by atoms with van der Waals surface area (Å²) in [4.78, 5) is 0. The number of likely N-dealkylation sites (N-methyl/N-ethyl adjacent to an activating group) is 1. The molecule has 0 aliphatic carbocycles. The first-order chi connectivity index (χ1) is 9.52. The molecular formula is C16H27NO3. The van der Waals surface area contributed by atoms with Gasteiger partial charge in [-0.05, 0) is 45.0 Å². The van der Waals surface area contributed by atoms with Gasteiger partial charge in [0, 0.05) is 13.7 Å². The monoisotopic (exact) mass is 281 g/mol. The lowest BCUT2D eigenvalue weighted by Gasteiger charge is -2.23. The lowest BCUT2D eigenvalue weighted by atomic mass is 10.1. The highest BCUT2D eigenvalue weighted by Crippen LogP contribution is 2.20. The van der Waals surface area contributed by atoms with Crippen molar-refractivity contribution in [1.29, 1.82) is 0 Å². The topological polar surface area (TPSA) is 39.7 Å². The van der Waals surface area contributed by atoms with Crippen LogP contribution in [0.3, 0.4) is 0 Å². The van der Waals surface area contributed by atoms with Gasteiger partial charge in [0.2, 0.25) is 0 Å². The molecular weight excluding hydrogens is 254 g/mol. The summed E-state index contributed by atoms with van der Waals surface area (Å²) in [5, 5.41) is 3.27. The minimum atomic E-state index is -0.134. The molecule has 0 aliphatic rings. The Kier molecular flexibility index (Phi) is 6.99. The van der Waals surface area contributed by atoms with E-state index in [-0.39, 0.29) is 11.6 Å². The second kappa shape index (κ2) is 8.25. The molecule has 0 bridgehead atoms. The second-order valence-corrected chi connectivity index (χ2v) is 5.41. The fourth-order valence-electron chi connectivity index (χ4n) is 1.83. The first-order valence-corrected chi connectivity index (χ1v) is 6.96. The molecule has 1 rings (SSSR count). The molecule has 1 unspecified atom stereocenters. The predicted octanol–water partition coefficient (Wildman–Crippen LogP) is 2.79. The van der Waals surface area contributed by atoms with E-state index in [0.29, 0.717) is 13.2 Å². The minimum Gasteiger partial charge on any atom is -0.497 e. The summed E-state index contributed by atoms with van der Waals surface area (Å²) in [5.74, 6) is 0.864. The molecule has 0 aromatic heterocycles. The Balaban J connectivity index is 2.47. The fraction of sp³-hybridized carbons (Fsp3) is 0.625. The van der Waals surface area contributed by atoms with Gasteiger partial charge in [-0.15, -0.1) is 0 Å². The number of hydrogen-bond acceptors (Lipinski definition) is 4. The number of rotatable bonds is 9. The van der Waals surface area contributed by atoms with E-state index >= 15 is 0 Å². The van der Waals surface area contributed by atoms with Crippen molar-refractivity contribution in [1.82, 2.24) is 5.32 Å². The molecule has 1 atom stereocenters. The molecule has 20 heavy (non-hydrogen) atoms. The third-order valence-corrected chi connectivity index (χ3v) is 3.53. The van der Waals surface area contributed by atoms with Crippen LogP contribution in [0.5, 0.6) is 5.75 Å². The van der Waals surface area contributed by atoms with E-state index in [0.717, 1.165) is 17.7 Å². The Morgan fingerprint density at radius 1 is 1.25 bits per heavy atom. The van der Waals surface area contributed by atoms with E-state index in [4.69, 9.17) is 14.2 Å². The van der Waals surface area contributed by atoms with Crippen LogP contribution in [-0.2, 0) is 9.47 Å². The van der Waals surface area contributed by atoms with E-state index < -0.39 is 0 Å². The summed E-state index contributed by atoms with van der Waals surface area (Å²) in [6.07, 6.45) is 0.873. The Bertz CT molecular complexity index is 393. The highest BCUT2D eigenvalue weighted by Gasteiger charge is 2.16. The normalized spacial score (nSPS) is 13.2. The standard InChI is InChI=1S/C16H27NO3/c1-16(2,19-5)9-10-20-12-15(17-3)13-7-6-8-14(11-13)18-4/h6-8,11,15,17H,9-10,12H2,1-5H3. The number of benzene rings is 1. The van der Waals surface area contributed by atoms with Gasteiger partial charge in [0.15, 0.2) is 0 Å². The smallest absolute Gasteiger partial charge is 0.119 e. The van der Waals surface area contributed by atoms with Crippen LogP contribution in [0.15, 0.2) is 24.3 Å². The van der Waals surface area contributed by atoms with Crippen molar-refractivity contribution >= 4 is 0 Å². The van der Waals surface area contributed by atoms with Crippen molar-refractivity contribution in [2.75, 3.05) is 34.5 Å². The zero-order chi connectivity index (χ0) is 15.0. The van der Waals surface area contributed by atoms with Gasteiger partial charge in [-0.3, -0.25) is 0 Å². The summed E-state index contributed by atoms with van der Waals surface area (Å²) in [7, 11) is 5.34. The molecule has 0 aliphatic heterocycles. The van der Waals surface area contributed by atoms with Crippen LogP contribution in [0.25, 0.3) is 0 Å². The molecule has 1 N–H and O–H groups in total. The lowest BCUT2D eigenvalue weighted by molar-refractivity contribution is -0.0122. The van der Waals surface area contributed by atoms with Gasteiger partial charge in [0.25, 0.3) is 0 Å². The molecule has 0 saturated carbocycles. The molecule has 1 aromatic carbocycles. The third-order valence-electron chi connectivity index (χ3n) is 3.53. The van der Waals surface area contributed by atoms with Gasteiger partial charge in [-0.25, -0.2) is 0 Å². The molecule has 114 valence electrons. The van der Waals surface area contributed by atoms with E-state index in [1.54, 1.807) is 14.2 Å². The van der Waals surface area contributed by atoms with Crippen LogP contribution in [0.4, 0.5) is 0 Å². The van der Waals surface area contributed by atoms with Crippen molar-refractivity contribution < 1.29 is 14.2 Å². The largest absolute Gasteiger partial charge is 0.497 e. The average molecular weight is 281 g/mol. The van der Waals surface area contributed by atoms with Crippen molar-refractivity contribution in [3.05, 3.63) is 29.8 Å². The van der Waals surface area contributed by atoms with Crippen molar-refractivity contribution in [2.24, 2.45) is 0 Å². The highest BCUT2D eigenvalue weighted by atomic mass is 16.5. The van der Waals surface area contributed by atoms with Crippen LogP contribution >= 0.6 is 0 Å². The molecule has 0 radical (unpaired) electrons. The molecule has 0 spiro atoms. The van der Waals surface area contributed by atoms with E-state index in [9.17, 15) is 0 Å². The molecule has 4 heteroatoms. The Morgan fingerprint density at radius 3 is 2.60 bits per heavy atom. The average Bonchev–Trinajstić information content (AvgIpc) is 2.47. The van der Waals surface area contributed by atoms with E-state index in [1.165, 1.54) is 0 Å². The van der Waals surface area contributed by atoms with Gasteiger partial charge in [0.1, 0.15) is 5.75 Å². The van der Waals surface area contributed by atoms with Crippen molar-refractivity contribution in [3.8, 4) is 5.75 Å². The molecule has 0 fully saturated rings. The van der Waals surface area contributed by atoms with E-state index in [2.05, 4.69) is 25.2 Å². The first kappa shape index (κ1) is 17.0. The summed E-state index contributed by atoms with van der Waals surface area (Å²) >= 11 is 0. The van der Waals surface area contributed by atoms with Crippen LogP contribution in [0, 0.1) is 0 Å². The van der Waals surface area contributed by atoms with E-state index in [1.807, 2.05) is 25.2 Å². The Hall–Kier alpha value is -1.10. The van der Waals surface area contributed by atoms with Crippen LogP contribution in [0.1, 0.15) is 31.9 Å².